The fourth-order valence-corrected chi connectivity index (χ4v) is 6.80. The summed E-state index contributed by atoms with van der Waals surface area (Å²) in [6.07, 6.45) is 0. The van der Waals surface area contributed by atoms with Gasteiger partial charge >= 0.3 is 0 Å². The summed E-state index contributed by atoms with van der Waals surface area (Å²) >= 11 is 12.5. The monoisotopic (exact) mass is 396 g/mol. The third kappa shape index (κ3) is 3.35. The van der Waals surface area contributed by atoms with Gasteiger partial charge in [0.1, 0.15) is 11.7 Å². The molecule has 0 bridgehead atoms. The summed E-state index contributed by atoms with van der Waals surface area (Å²) in [5.74, 6) is -1.39. The molecule has 0 saturated carbocycles. The molecular weight excluding hydrogens is 386 g/mol. The van der Waals surface area contributed by atoms with Crippen molar-refractivity contribution in [2.75, 3.05) is 22.3 Å². The maximum atomic E-state index is 13.4. The van der Waals surface area contributed by atoms with Crippen molar-refractivity contribution in [2.45, 2.75) is 11.3 Å². The van der Waals surface area contributed by atoms with Crippen molar-refractivity contribution in [1.29, 1.82) is 0 Å². The number of benzene rings is 1. The molecule has 0 aliphatic carbocycles. The quantitative estimate of drug-likeness (QED) is 0.717. The number of halogens is 3. The molecule has 1 aromatic carbocycles. The normalized spacial score (nSPS) is 27.4. The lowest BCUT2D eigenvalue weighted by molar-refractivity contribution is -0.115. The molecule has 23 heavy (non-hydrogen) atoms. The Bertz CT molecular complexity index is 800. The zero-order valence-electron chi connectivity index (χ0n) is 11.6. The van der Waals surface area contributed by atoms with Crippen molar-refractivity contribution >= 4 is 61.6 Å². The van der Waals surface area contributed by atoms with Crippen LogP contribution in [0.2, 0.25) is 5.02 Å². The number of hydrogen-bond acceptors (Lipinski definition) is 4. The highest BCUT2D eigenvalue weighted by Gasteiger charge is 2.49. The van der Waals surface area contributed by atoms with E-state index >= 15 is 0 Å². The standard InChI is InChI=1S/C13H11Cl2FN2O3S2/c14-4-12(19)17-13-18(7-1-2-9(16)8(15)3-7)10-5-23(20,21)6-11(10)22-13/h1-3,10-11H,4-6H2/t10-,11-/m1/s1. The average molecular weight is 397 g/mol. The molecule has 0 unspecified atom stereocenters. The van der Waals surface area contributed by atoms with E-state index in [2.05, 4.69) is 4.99 Å². The third-order valence-corrected chi connectivity index (χ3v) is 7.31. The lowest BCUT2D eigenvalue weighted by Gasteiger charge is -2.24. The minimum atomic E-state index is -3.16. The zero-order chi connectivity index (χ0) is 16.8. The first kappa shape index (κ1) is 17.0. The van der Waals surface area contributed by atoms with E-state index in [1.165, 1.54) is 30.0 Å². The minimum absolute atomic E-state index is 0.0157. The Hall–Kier alpha value is -0.830. The number of amidine groups is 1. The van der Waals surface area contributed by atoms with Crippen LogP contribution in [0.3, 0.4) is 0 Å². The Kier molecular flexibility index (Phi) is 4.61. The van der Waals surface area contributed by atoms with Crippen LogP contribution < -0.4 is 4.90 Å². The van der Waals surface area contributed by atoms with Crippen LogP contribution in [-0.4, -0.2) is 48.2 Å². The van der Waals surface area contributed by atoms with Gasteiger partial charge in [-0.05, 0) is 18.2 Å². The minimum Gasteiger partial charge on any atom is -0.316 e. The maximum absolute atomic E-state index is 13.4. The molecule has 1 amide bonds. The molecule has 2 saturated heterocycles. The van der Waals surface area contributed by atoms with E-state index in [0.29, 0.717) is 10.9 Å². The van der Waals surface area contributed by atoms with Crippen LogP contribution >= 0.6 is 35.0 Å². The Balaban J connectivity index is 2.04. The van der Waals surface area contributed by atoms with Gasteiger partial charge in [0.2, 0.25) is 0 Å². The molecule has 0 aromatic heterocycles. The van der Waals surface area contributed by atoms with Gasteiger partial charge in [0, 0.05) is 10.9 Å². The fraction of sp³-hybridized carbons (Fsp3) is 0.385. The third-order valence-electron chi connectivity index (χ3n) is 3.58. The van der Waals surface area contributed by atoms with Crippen LogP contribution in [0.1, 0.15) is 0 Å². The van der Waals surface area contributed by atoms with Gasteiger partial charge in [0.15, 0.2) is 15.0 Å². The molecule has 3 rings (SSSR count). The number of nitrogens with zero attached hydrogens (tertiary/aromatic N) is 2. The average Bonchev–Trinajstić information content (AvgIpc) is 2.93. The lowest BCUT2D eigenvalue weighted by Crippen LogP contribution is -2.37. The van der Waals surface area contributed by atoms with Crippen molar-refractivity contribution in [3.63, 3.8) is 0 Å². The molecule has 2 aliphatic rings. The van der Waals surface area contributed by atoms with Crippen molar-refractivity contribution in [3.05, 3.63) is 29.0 Å². The fourth-order valence-electron chi connectivity index (χ4n) is 2.64. The predicted octanol–water partition coefficient (Wildman–Crippen LogP) is 2.32. The summed E-state index contributed by atoms with van der Waals surface area (Å²) in [6.45, 7) is 0. The van der Waals surface area contributed by atoms with Gasteiger partial charge < -0.3 is 4.90 Å². The number of hydrogen-bond donors (Lipinski definition) is 0. The summed E-state index contributed by atoms with van der Waals surface area (Å²) in [4.78, 5) is 17.1. The largest absolute Gasteiger partial charge is 0.316 e. The van der Waals surface area contributed by atoms with Gasteiger partial charge in [-0.1, -0.05) is 23.4 Å². The van der Waals surface area contributed by atoms with Gasteiger partial charge in [0.25, 0.3) is 5.91 Å². The van der Waals surface area contributed by atoms with E-state index in [4.69, 9.17) is 23.2 Å². The Morgan fingerprint density at radius 3 is 2.83 bits per heavy atom. The van der Waals surface area contributed by atoms with Gasteiger partial charge in [-0.3, -0.25) is 4.79 Å². The first-order valence-corrected chi connectivity index (χ1v) is 10.2. The summed E-state index contributed by atoms with van der Waals surface area (Å²) < 4.78 is 37.1. The number of carbonyl (C=O) groups excluding carboxylic acids is 1. The number of amides is 1. The predicted molar refractivity (Wildman–Crippen MR) is 90.9 cm³/mol. The molecule has 2 aliphatic heterocycles. The van der Waals surface area contributed by atoms with Gasteiger partial charge in [-0.25, -0.2) is 12.8 Å². The molecule has 0 spiro atoms. The van der Waals surface area contributed by atoms with E-state index < -0.39 is 21.6 Å². The highest BCUT2D eigenvalue weighted by atomic mass is 35.5. The van der Waals surface area contributed by atoms with Crippen molar-refractivity contribution in [3.8, 4) is 0 Å². The molecule has 124 valence electrons. The van der Waals surface area contributed by atoms with E-state index in [9.17, 15) is 17.6 Å². The number of rotatable bonds is 2. The second-order valence-corrected chi connectivity index (χ2v) is 9.23. The summed E-state index contributed by atoms with van der Waals surface area (Å²) in [7, 11) is -3.16. The van der Waals surface area contributed by atoms with Gasteiger partial charge in [0.05, 0.1) is 22.6 Å². The number of anilines is 1. The van der Waals surface area contributed by atoms with Crippen LogP contribution in [0.4, 0.5) is 10.1 Å². The molecule has 5 nitrogen and oxygen atoms in total. The zero-order valence-corrected chi connectivity index (χ0v) is 14.7. The topological polar surface area (TPSA) is 66.8 Å². The van der Waals surface area contributed by atoms with Crippen molar-refractivity contribution in [2.24, 2.45) is 4.99 Å². The van der Waals surface area contributed by atoms with Gasteiger partial charge in [-0.2, -0.15) is 4.99 Å². The molecule has 10 heteroatoms. The number of fused-ring (bicyclic) bond motifs is 1. The molecular formula is C13H11Cl2FN2O3S2. The second-order valence-electron chi connectivity index (χ2n) is 5.19. The van der Waals surface area contributed by atoms with Crippen LogP contribution in [0, 0.1) is 5.82 Å². The van der Waals surface area contributed by atoms with Crippen LogP contribution in [-0.2, 0) is 14.6 Å². The number of sulfone groups is 1. The van der Waals surface area contributed by atoms with Crippen LogP contribution in [0.25, 0.3) is 0 Å². The smallest absolute Gasteiger partial charge is 0.262 e. The number of alkyl halides is 1. The Morgan fingerprint density at radius 2 is 2.17 bits per heavy atom. The molecule has 0 N–H and O–H groups in total. The first-order valence-electron chi connectivity index (χ1n) is 6.59. The highest BCUT2D eigenvalue weighted by molar-refractivity contribution is 8.16. The maximum Gasteiger partial charge on any atom is 0.262 e. The van der Waals surface area contributed by atoms with Crippen LogP contribution in [0.5, 0.6) is 0 Å². The second kappa shape index (κ2) is 6.23. The van der Waals surface area contributed by atoms with E-state index in [0.717, 1.165) is 0 Å². The van der Waals surface area contributed by atoms with E-state index in [1.807, 2.05) is 0 Å². The molecule has 2 heterocycles. The molecule has 2 fully saturated rings. The van der Waals surface area contributed by atoms with Crippen molar-refractivity contribution < 1.29 is 17.6 Å². The van der Waals surface area contributed by atoms with Gasteiger partial charge in [-0.15, -0.1) is 11.6 Å². The summed E-state index contributed by atoms with van der Waals surface area (Å²) in [5.41, 5.74) is 0.495. The summed E-state index contributed by atoms with van der Waals surface area (Å²) in [5, 5.41) is 0.0498. The van der Waals surface area contributed by atoms with E-state index in [1.54, 1.807) is 4.90 Å². The molecule has 1 aromatic rings. The molecule has 0 radical (unpaired) electrons. The van der Waals surface area contributed by atoms with E-state index in [-0.39, 0.29) is 33.7 Å². The number of thioether (sulfide) groups is 1. The van der Waals surface area contributed by atoms with Crippen molar-refractivity contribution in [1.82, 2.24) is 0 Å². The summed E-state index contributed by atoms with van der Waals surface area (Å²) in [6, 6.07) is 3.70. The SMILES string of the molecule is O=C(CCl)N=C1S[C@@H]2CS(=O)(=O)C[C@H]2N1c1ccc(F)c(Cl)c1. The molecule has 2 atom stereocenters. The number of carbonyl (C=O) groups is 1. The Morgan fingerprint density at radius 1 is 1.43 bits per heavy atom. The highest BCUT2D eigenvalue weighted by Crippen LogP contribution is 2.41. The number of aliphatic imine (C=N–C) groups is 1. The first-order chi connectivity index (χ1) is 10.8. The lowest BCUT2D eigenvalue weighted by atomic mass is 10.2. The van der Waals surface area contributed by atoms with Crippen LogP contribution in [0.15, 0.2) is 23.2 Å². The Labute approximate surface area is 146 Å².